The number of amides is 1. The van der Waals surface area contributed by atoms with Crippen LogP contribution in [0.4, 0.5) is 4.39 Å². The van der Waals surface area contributed by atoms with Crippen molar-refractivity contribution in [1.82, 2.24) is 15.2 Å². The van der Waals surface area contributed by atoms with Crippen LogP contribution in [0.2, 0.25) is 0 Å². The molecule has 3 rings (SSSR count). The Morgan fingerprint density at radius 2 is 2.12 bits per heavy atom. The molecule has 124 valence electrons. The van der Waals surface area contributed by atoms with Gasteiger partial charge < -0.3 is 10.2 Å². The zero-order chi connectivity index (χ0) is 16.9. The maximum atomic E-state index is 12.9. The highest BCUT2D eigenvalue weighted by molar-refractivity contribution is 5.80. The van der Waals surface area contributed by atoms with Crippen LogP contribution in [0.5, 0.6) is 0 Å². The summed E-state index contributed by atoms with van der Waals surface area (Å²) in [6.07, 6.45) is 7.93. The Morgan fingerprint density at radius 1 is 1.33 bits per heavy atom. The maximum Gasteiger partial charge on any atom is 0.224 e. The number of rotatable bonds is 5. The van der Waals surface area contributed by atoms with Crippen molar-refractivity contribution in [2.75, 3.05) is 13.6 Å². The van der Waals surface area contributed by atoms with E-state index in [1.165, 1.54) is 12.1 Å². The molecule has 5 heteroatoms. The van der Waals surface area contributed by atoms with E-state index in [1.54, 1.807) is 23.2 Å². The normalized spacial score (nSPS) is 20.9. The molecule has 0 spiro atoms. The molecule has 24 heavy (non-hydrogen) atoms. The summed E-state index contributed by atoms with van der Waals surface area (Å²) < 4.78 is 12.9. The van der Waals surface area contributed by atoms with Crippen molar-refractivity contribution in [3.63, 3.8) is 0 Å². The zero-order valence-electron chi connectivity index (χ0n) is 13.5. The number of halogens is 1. The Hall–Kier alpha value is -2.53. The number of pyridine rings is 1. The molecular formula is C19H20FN3O. The van der Waals surface area contributed by atoms with E-state index in [2.05, 4.69) is 10.3 Å². The molecule has 2 aromatic rings. The van der Waals surface area contributed by atoms with Crippen molar-refractivity contribution in [3.8, 4) is 0 Å². The van der Waals surface area contributed by atoms with Gasteiger partial charge in [-0.25, -0.2) is 4.39 Å². The molecule has 2 heterocycles. The number of nitrogens with one attached hydrogen (secondary N) is 1. The second kappa shape index (κ2) is 7.36. The number of hydrogen-bond donors (Lipinski definition) is 1. The van der Waals surface area contributed by atoms with Crippen molar-refractivity contribution in [2.45, 2.75) is 18.5 Å². The van der Waals surface area contributed by atoms with Crippen LogP contribution in [0, 0.1) is 5.82 Å². The van der Waals surface area contributed by atoms with Crippen LogP contribution in [-0.2, 0) is 4.79 Å². The number of likely N-dealkylation sites (tertiary alicyclic amines) is 1. The minimum atomic E-state index is -0.239. The van der Waals surface area contributed by atoms with Crippen molar-refractivity contribution in [3.05, 3.63) is 71.8 Å². The van der Waals surface area contributed by atoms with Crippen molar-refractivity contribution < 1.29 is 9.18 Å². The number of hydrogen-bond acceptors (Lipinski definition) is 3. The van der Waals surface area contributed by atoms with Gasteiger partial charge in [-0.3, -0.25) is 9.78 Å². The first-order chi connectivity index (χ1) is 11.6. The van der Waals surface area contributed by atoms with E-state index < -0.39 is 0 Å². The lowest BCUT2D eigenvalue weighted by Gasteiger charge is -2.25. The molecule has 0 radical (unpaired) electrons. The van der Waals surface area contributed by atoms with E-state index in [4.69, 9.17) is 0 Å². The quantitative estimate of drug-likeness (QED) is 0.919. The lowest BCUT2D eigenvalue weighted by atomic mass is 10.0. The van der Waals surface area contributed by atoms with Gasteiger partial charge in [0.2, 0.25) is 5.91 Å². The standard InChI is InChI=1S/C19H20FN3O/c1-23-18(24)12-17(19(23)15-5-3-10-21-13-15)22-11-2-4-14-6-8-16(20)9-7-14/h2-10,13,17,19,22H,11-12H2,1H3/b4-2+/t17-,19+/m1/s1. The highest BCUT2D eigenvalue weighted by atomic mass is 19.1. The van der Waals surface area contributed by atoms with Gasteiger partial charge in [-0.1, -0.05) is 30.4 Å². The van der Waals surface area contributed by atoms with Crippen LogP contribution in [0.1, 0.15) is 23.6 Å². The van der Waals surface area contributed by atoms with Crippen molar-refractivity contribution >= 4 is 12.0 Å². The fourth-order valence-electron chi connectivity index (χ4n) is 3.05. The van der Waals surface area contributed by atoms with Gasteiger partial charge in [0, 0.05) is 38.4 Å². The minimum absolute atomic E-state index is 0.00887. The molecule has 1 aromatic heterocycles. The van der Waals surface area contributed by atoms with Gasteiger partial charge in [-0.2, -0.15) is 0 Å². The van der Waals surface area contributed by atoms with E-state index in [1.807, 2.05) is 37.5 Å². The highest BCUT2D eigenvalue weighted by Gasteiger charge is 2.37. The molecule has 0 aliphatic carbocycles. The molecule has 1 N–H and O–H groups in total. The fraction of sp³-hybridized carbons (Fsp3) is 0.263. The Balaban J connectivity index is 1.63. The molecule has 0 unspecified atom stereocenters. The SMILES string of the molecule is CN1C(=O)C[C@@H](NC/C=C/c2ccc(F)cc2)[C@@H]1c1cccnc1. The molecule has 4 nitrogen and oxygen atoms in total. The number of likely N-dealkylation sites (N-methyl/N-ethyl adjacent to an activating group) is 1. The van der Waals surface area contributed by atoms with E-state index in [-0.39, 0.29) is 23.8 Å². The second-order valence-corrected chi connectivity index (χ2v) is 5.91. The average Bonchev–Trinajstić information content (AvgIpc) is 2.88. The molecule has 1 amide bonds. The van der Waals surface area contributed by atoms with Crippen molar-refractivity contribution in [1.29, 1.82) is 0 Å². The third kappa shape index (κ3) is 3.68. The first-order valence-corrected chi connectivity index (χ1v) is 7.96. The Labute approximate surface area is 141 Å². The summed E-state index contributed by atoms with van der Waals surface area (Å²) in [5.41, 5.74) is 1.98. The predicted octanol–water partition coefficient (Wildman–Crippen LogP) is 2.80. The Kier molecular flexibility index (Phi) is 5.01. The minimum Gasteiger partial charge on any atom is -0.337 e. The number of nitrogens with zero attached hydrogens (tertiary/aromatic N) is 2. The predicted molar refractivity (Wildman–Crippen MR) is 91.6 cm³/mol. The van der Waals surface area contributed by atoms with Crippen LogP contribution in [0.3, 0.4) is 0 Å². The van der Waals surface area contributed by atoms with E-state index in [0.29, 0.717) is 13.0 Å². The molecule has 1 aromatic carbocycles. The Bertz CT molecular complexity index is 715. The monoisotopic (exact) mass is 325 g/mol. The van der Waals surface area contributed by atoms with Crippen molar-refractivity contribution in [2.24, 2.45) is 0 Å². The summed E-state index contributed by atoms with van der Waals surface area (Å²) in [4.78, 5) is 18.0. The molecular weight excluding hydrogens is 305 g/mol. The van der Waals surface area contributed by atoms with Gasteiger partial charge in [0.25, 0.3) is 0 Å². The summed E-state index contributed by atoms with van der Waals surface area (Å²) in [7, 11) is 1.83. The molecule has 1 aliphatic heterocycles. The van der Waals surface area contributed by atoms with Crippen LogP contribution in [0.15, 0.2) is 54.9 Å². The van der Waals surface area contributed by atoms with E-state index in [0.717, 1.165) is 11.1 Å². The number of carbonyl (C=O) groups is 1. The van der Waals surface area contributed by atoms with Gasteiger partial charge in [0.1, 0.15) is 5.82 Å². The number of benzene rings is 1. The van der Waals surface area contributed by atoms with Crippen LogP contribution in [0.25, 0.3) is 6.08 Å². The summed E-state index contributed by atoms with van der Waals surface area (Å²) in [6.45, 7) is 0.639. The third-order valence-corrected chi connectivity index (χ3v) is 4.29. The lowest BCUT2D eigenvalue weighted by Crippen LogP contribution is -2.35. The van der Waals surface area contributed by atoms with E-state index >= 15 is 0 Å². The molecule has 1 saturated heterocycles. The van der Waals surface area contributed by atoms with Gasteiger partial charge in [0.15, 0.2) is 0 Å². The number of aromatic nitrogens is 1. The molecule has 0 bridgehead atoms. The van der Waals surface area contributed by atoms with E-state index in [9.17, 15) is 9.18 Å². The zero-order valence-corrected chi connectivity index (χ0v) is 13.5. The summed E-state index contributed by atoms with van der Waals surface area (Å²) in [6, 6.07) is 10.3. The van der Waals surface area contributed by atoms with Gasteiger partial charge in [-0.15, -0.1) is 0 Å². The van der Waals surface area contributed by atoms with Crippen LogP contribution < -0.4 is 5.32 Å². The highest BCUT2D eigenvalue weighted by Crippen LogP contribution is 2.31. The number of carbonyl (C=O) groups excluding carboxylic acids is 1. The summed E-state index contributed by atoms with van der Waals surface area (Å²) in [5, 5.41) is 3.42. The second-order valence-electron chi connectivity index (χ2n) is 5.91. The lowest BCUT2D eigenvalue weighted by molar-refractivity contribution is -0.127. The largest absolute Gasteiger partial charge is 0.337 e. The molecule has 1 fully saturated rings. The summed E-state index contributed by atoms with van der Waals surface area (Å²) >= 11 is 0. The molecule has 1 aliphatic rings. The Morgan fingerprint density at radius 3 is 2.83 bits per heavy atom. The van der Waals surface area contributed by atoms with Gasteiger partial charge in [0.05, 0.1) is 6.04 Å². The first-order valence-electron chi connectivity index (χ1n) is 7.96. The fourth-order valence-corrected chi connectivity index (χ4v) is 3.05. The topological polar surface area (TPSA) is 45.2 Å². The molecule has 0 saturated carbocycles. The van der Waals surface area contributed by atoms with Gasteiger partial charge in [-0.05, 0) is 29.3 Å². The van der Waals surface area contributed by atoms with Gasteiger partial charge >= 0.3 is 0 Å². The smallest absolute Gasteiger partial charge is 0.224 e. The van der Waals surface area contributed by atoms with Crippen LogP contribution in [-0.4, -0.2) is 35.4 Å². The average molecular weight is 325 g/mol. The molecule has 2 atom stereocenters. The summed E-state index contributed by atoms with van der Waals surface area (Å²) in [5.74, 6) is -0.110. The third-order valence-electron chi connectivity index (χ3n) is 4.29. The van der Waals surface area contributed by atoms with Crippen LogP contribution >= 0.6 is 0 Å². The maximum absolute atomic E-state index is 12.9. The first kappa shape index (κ1) is 16.3.